The first-order chi connectivity index (χ1) is 9.77. The molecule has 0 fully saturated rings. The predicted molar refractivity (Wildman–Crippen MR) is 84.5 cm³/mol. The van der Waals surface area contributed by atoms with Crippen LogP contribution in [-0.4, -0.2) is 52.8 Å². The first-order valence-corrected chi connectivity index (χ1v) is 7.09. The van der Waals surface area contributed by atoms with Crippen molar-refractivity contribution in [3.8, 4) is 0 Å². The molecule has 0 aliphatic rings. The van der Waals surface area contributed by atoms with E-state index in [9.17, 15) is 9.90 Å². The number of hydrogen-bond donors (Lipinski definition) is 4. The van der Waals surface area contributed by atoms with Gasteiger partial charge < -0.3 is 25.3 Å². The van der Waals surface area contributed by atoms with E-state index >= 15 is 0 Å². The summed E-state index contributed by atoms with van der Waals surface area (Å²) in [5.41, 5.74) is 1.68. The number of aromatic amines is 2. The van der Waals surface area contributed by atoms with E-state index in [1.165, 1.54) is 0 Å². The second kappa shape index (κ2) is 6.01. The van der Waals surface area contributed by atoms with E-state index in [-0.39, 0.29) is 11.7 Å². The van der Waals surface area contributed by atoms with Gasteiger partial charge >= 0.3 is 5.69 Å². The molecule has 0 saturated heterocycles. The van der Waals surface area contributed by atoms with Crippen LogP contribution in [0.4, 0.5) is 0 Å². The Morgan fingerprint density at radius 3 is 2.67 bits per heavy atom. The van der Waals surface area contributed by atoms with Gasteiger partial charge in [0.05, 0.1) is 16.6 Å². The molecular weight excluding hydrogens is 268 g/mol. The van der Waals surface area contributed by atoms with Crippen LogP contribution >= 0.6 is 0 Å². The van der Waals surface area contributed by atoms with Crippen LogP contribution in [0.3, 0.4) is 0 Å². The summed E-state index contributed by atoms with van der Waals surface area (Å²) in [5.74, 6) is 0. The van der Waals surface area contributed by atoms with Crippen molar-refractivity contribution in [2.45, 2.75) is 25.5 Å². The van der Waals surface area contributed by atoms with E-state index in [2.05, 4.69) is 15.3 Å². The maximum absolute atomic E-state index is 11.3. The number of imidazole rings is 1. The summed E-state index contributed by atoms with van der Waals surface area (Å²) in [4.78, 5) is 18.7. The van der Waals surface area contributed by atoms with Gasteiger partial charge in [-0.05, 0) is 45.6 Å². The van der Waals surface area contributed by atoms with E-state index in [1.807, 2.05) is 51.0 Å². The normalized spacial score (nSPS) is 16.3. The van der Waals surface area contributed by atoms with Crippen LogP contribution in [0.2, 0.25) is 0 Å². The second-order valence-corrected chi connectivity index (χ2v) is 6.22. The van der Waals surface area contributed by atoms with Gasteiger partial charge in [-0.3, -0.25) is 0 Å². The van der Waals surface area contributed by atoms with Crippen molar-refractivity contribution < 1.29 is 5.11 Å². The lowest BCUT2D eigenvalue weighted by Crippen LogP contribution is -2.46. The van der Waals surface area contributed by atoms with E-state index in [0.717, 1.165) is 16.6 Å². The molecule has 2 rings (SSSR count). The first-order valence-electron chi connectivity index (χ1n) is 7.09. The zero-order valence-corrected chi connectivity index (χ0v) is 13.0. The summed E-state index contributed by atoms with van der Waals surface area (Å²) in [6.45, 7) is 4.95. The minimum absolute atomic E-state index is 0.0847. The van der Waals surface area contributed by atoms with Crippen molar-refractivity contribution in [1.29, 1.82) is 0 Å². The Labute approximate surface area is 124 Å². The molecule has 0 spiro atoms. The van der Waals surface area contributed by atoms with E-state index < -0.39 is 5.60 Å². The fourth-order valence-corrected chi connectivity index (χ4v) is 2.55. The lowest BCUT2D eigenvalue weighted by molar-refractivity contribution is 0.0317. The molecule has 1 aromatic heterocycles. The summed E-state index contributed by atoms with van der Waals surface area (Å²) in [7, 11) is 3.88. The van der Waals surface area contributed by atoms with Crippen LogP contribution < -0.4 is 11.0 Å². The number of nitrogens with one attached hydrogen (secondary N) is 3. The highest BCUT2D eigenvalue weighted by molar-refractivity contribution is 5.75. The molecule has 0 aliphatic heterocycles. The molecule has 1 aromatic carbocycles. The summed E-state index contributed by atoms with van der Waals surface area (Å²) < 4.78 is 0. The number of nitrogens with zero attached hydrogens (tertiary/aromatic N) is 1. The van der Waals surface area contributed by atoms with Gasteiger partial charge in [0.1, 0.15) is 0 Å². The average molecular weight is 292 g/mol. The zero-order chi connectivity index (χ0) is 15.6. The molecule has 4 N–H and O–H groups in total. The molecule has 2 unspecified atom stereocenters. The third kappa shape index (κ3) is 4.17. The summed E-state index contributed by atoms with van der Waals surface area (Å²) in [6, 6.07) is 5.90. The SMILES string of the molecule is CC(NCC(C)(O)CN(C)C)c1ccc2[nH]c(=O)[nH]c2c1. The minimum Gasteiger partial charge on any atom is -0.388 e. The first kappa shape index (κ1) is 15.8. The molecule has 6 heteroatoms. The maximum atomic E-state index is 11.3. The predicted octanol–water partition coefficient (Wildman–Crippen LogP) is 0.819. The highest BCUT2D eigenvalue weighted by Crippen LogP contribution is 2.17. The number of fused-ring (bicyclic) bond motifs is 1. The number of hydrogen-bond acceptors (Lipinski definition) is 4. The topological polar surface area (TPSA) is 84.2 Å². The van der Waals surface area contributed by atoms with Gasteiger partial charge in [-0.1, -0.05) is 6.07 Å². The number of likely N-dealkylation sites (N-methyl/N-ethyl adjacent to an activating group) is 1. The molecule has 1 heterocycles. The Bertz CT molecular complexity index is 657. The highest BCUT2D eigenvalue weighted by atomic mass is 16.3. The third-order valence-electron chi connectivity index (χ3n) is 3.49. The summed E-state index contributed by atoms with van der Waals surface area (Å²) >= 11 is 0. The molecule has 0 radical (unpaired) electrons. The second-order valence-electron chi connectivity index (χ2n) is 6.22. The van der Waals surface area contributed by atoms with Crippen LogP contribution in [0.15, 0.2) is 23.0 Å². The number of aromatic nitrogens is 2. The van der Waals surface area contributed by atoms with Gasteiger partial charge in [-0.25, -0.2) is 4.79 Å². The number of H-pyrrole nitrogens is 2. The third-order valence-corrected chi connectivity index (χ3v) is 3.49. The van der Waals surface area contributed by atoms with Crippen molar-refractivity contribution in [2.24, 2.45) is 0 Å². The smallest absolute Gasteiger partial charge is 0.323 e. The van der Waals surface area contributed by atoms with E-state index in [0.29, 0.717) is 13.1 Å². The van der Waals surface area contributed by atoms with E-state index in [4.69, 9.17) is 0 Å². The van der Waals surface area contributed by atoms with Gasteiger partial charge in [0, 0.05) is 19.1 Å². The molecule has 2 aromatic rings. The average Bonchev–Trinajstić information content (AvgIpc) is 2.73. The summed E-state index contributed by atoms with van der Waals surface area (Å²) in [6.07, 6.45) is 0. The fraction of sp³-hybridized carbons (Fsp3) is 0.533. The lowest BCUT2D eigenvalue weighted by Gasteiger charge is -2.29. The van der Waals surface area contributed by atoms with Gasteiger partial charge in [0.15, 0.2) is 0 Å². The largest absolute Gasteiger partial charge is 0.388 e. The monoisotopic (exact) mass is 292 g/mol. The van der Waals surface area contributed by atoms with Gasteiger partial charge in [0.2, 0.25) is 0 Å². The fourth-order valence-electron chi connectivity index (χ4n) is 2.55. The van der Waals surface area contributed by atoms with E-state index in [1.54, 1.807) is 0 Å². The highest BCUT2D eigenvalue weighted by Gasteiger charge is 2.22. The quantitative estimate of drug-likeness (QED) is 0.635. The Morgan fingerprint density at radius 1 is 1.33 bits per heavy atom. The maximum Gasteiger partial charge on any atom is 0.323 e. The number of rotatable bonds is 6. The van der Waals surface area contributed by atoms with Gasteiger partial charge in [-0.15, -0.1) is 0 Å². The minimum atomic E-state index is -0.787. The molecule has 0 saturated carbocycles. The van der Waals surface area contributed by atoms with Gasteiger partial charge in [0.25, 0.3) is 0 Å². The lowest BCUT2D eigenvalue weighted by atomic mass is 10.0. The summed E-state index contributed by atoms with van der Waals surface area (Å²) in [5, 5.41) is 13.6. The zero-order valence-electron chi connectivity index (χ0n) is 13.0. The standard InChI is InChI=1S/C15H24N4O2/c1-10(16-8-15(2,21)9-19(3)4)11-5-6-12-13(7-11)18-14(20)17-12/h5-7,10,16,21H,8-9H2,1-4H3,(H2,17,18,20). The molecule has 0 bridgehead atoms. The molecule has 0 aliphatic carbocycles. The Hall–Kier alpha value is -1.63. The van der Waals surface area contributed by atoms with Crippen molar-refractivity contribution in [2.75, 3.05) is 27.2 Å². The van der Waals surface area contributed by atoms with Crippen LogP contribution in [0.25, 0.3) is 11.0 Å². The molecule has 0 amide bonds. The number of benzene rings is 1. The van der Waals surface area contributed by atoms with Crippen LogP contribution in [0.1, 0.15) is 25.5 Å². The Morgan fingerprint density at radius 2 is 2.00 bits per heavy atom. The molecular formula is C15H24N4O2. The van der Waals surface area contributed by atoms with Crippen molar-refractivity contribution >= 4 is 11.0 Å². The molecule has 6 nitrogen and oxygen atoms in total. The van der Waals surface area contributed by atoms with Crippen molar-refractivity contribution in [3.05, 3.63) is 34.2 Å². The van der Waals surface area contributed by atoms with Crippen molar-refractivity contribution in [1.82, 2.24) is 20.2 Å². The van der Waals surface area contributed by atoms with Gasteiger partial charge in [-0.2, -0.15) is 0 Å². The Balaban J connectivity index is 2.04. The van der Waals surface area contributed by atoms with Crippen molar-refractivity contribution in [3.63, 3.8) is 0 Å². The van der Waals surface area contributed by atoms with Crippen LogP contribution in [-0.2, 0) is 0 Å². The number of aliphatic hydroxyl groups is 1. The molecule has 21 heavy (non-hydrogen) atoms. The molecule has 116 valence electrons. The molecule has 2 atom stereocenters. The van der Waals surface area contributed by atoms with Crippen LogP contribution in [0.5, 0.6) is 0 Å². The van der Waals surface area contributed by atoms with Crippen LogP contribution in [0, 0.1) is 0 Å². The Kier molecular flexibility index (Phi) is 4.51.